The fourth-order valence-corrected chi connectivity index (χ4v) is 3.84. The van der Waals surface area contributed by atoms with E-state index in [2.05, 4.69) is 10.6 Å². The highest BCUT2D eigenvalue weighted by molar-refractivity contribution is 6.06. The van der Waals surface area contributed by atoms with Crippen LogP contribution in [0.5, 0.6) is 0 Å². The molecule has 2 saturated heterocycles. The van der Waals surface area contributed by atoms with E-state index in [-0.39, 0.29) is 30.0 Å². The summed E-state index contributed by atoms with van der Waals surface area (Å²) in [5.41, 5.74) is 1.25. The van der Waals surface area contributed by atoms with E-state index in [0.717, 1.165) is 5.56 Å². The van der Waals surface area contributed by atoms with E-state index in [1.807, 2.05) is 0 Å². The molecule has 0 aliphatic carbocycles. The fourth-order valence-electron chi connectivity index (χ4n) is 3.84. The van der Waals surface area contributed by atoms with Gasteiger partial charge in [-0.3, -0.25) is 24.5 Å². The lowest BCUT2D eigenvalue weighted by Crippen LogP contribution is -2.50. The molecule has 2 N–H and O–H groups in total. The van der Waals surface area contributed by atoms with Gasteiger partial charge in [-0.1, -0.05) is 6.07 Å². The van der Waals surface area contributed by atoms with Crippen LogP contribution in [0.2, 0.25) is 0 Å². The summed E-state index contributed by atoms with van der Waals surface area (Å²) in [5.74, 6) is -0.803. The van der Waals surface area contributed by atoms with Crippen molar-refractivity contribution in [2.45, 2.75) is 25.7 Å². The van der Waals surface area contributed by atoms with Crippen molar-refractivity contribution in [1.82, 2.24) is 10.2 Å². The van der Waals surface area contributed by atoms with E-state index in [1.165, 1.54) is 0 Å². The summed E-state index contributed by atoms with van der Waals surface area (Å²) in [6.07, 6.45) is 1.55. The molecule has 1 spiro atoms. The van der Waals surface area contributed by atoms with Gasteiger partial charge in [-0.05, 0) is 30.5 Å². The number of hydrogen-bond acceptors (Lipinski definition) is 4. The molecule has 1 aromatic rings. The second-order valence-corrected chi connectivity index (χ2v) is 6.69. The van der Waals surface area contributed by atoms with Crippen LogP contribution in [-0.4, -0.2) is 41.6 Å². The Hall–Kier alpha value is -2.70. The van der Waals surface area contributed by atoms with E-state index in [0.29, 0.717) is 43.6 Å². The molecule has 2 fully saturated rings. The van der Waals surface area contributed by atoms with Gasteiger partial charge in [-0.2, -0.15) is 0 Å². The van der Waals surface area contributed by atoms with Crippen LogP contribution in [0.15, 0.2) is 18.2 Å². The minimum absolute atomic E-state index is 0.117. The molecule has 0 aromatic heterocycles. The van der Waals surface area contributed by atoms with Crippen LogP contribution in [0.1, 0.15) is 35.2 Å². The minimum Gasteiger partial charge on any atom is -0.338 e. The second kappa shape index (κ2) is 5.15. The van der Waals surface area contributed by atoms with E-state index < -0.39 is 5.41 Å². The summed E-state index contributed by atoms with van der Waals surface area (Å²) in [4.78, 5) is 49.7. The van der Waals surface area contributed by atoms with Crippen molar-refractivity contribution in [3.05, 3.63) is 29.3 Å². The highest BCUT2D eigenvalue weighted by Gasteiger charge is 2.48. The monoisotopic (exact) mass is 327 g/mol. The lowest BCUT2D eigenvalue weighted by atomic mass is 9.79. The molecule has 1 atom stereocenters. The molecular formula is C17H17N3O4. The van der Waals surface area contributed by atoms with E-state index in [1.54, 1.807) is 23.1 Å². The summed E-state index contributed by atoms with van der Waals surface area (Å²) in [5, 5.41) is 5.13. The van der Waals surface area contributed by atoms with Gasteiger partial charge in [0, 0.05) is 30.8 Å². The summed E-state index contributed by atoms with van der Waals surface area (Å²) in [6, 6.07) is 5.25. The zero-order chi connectivity index (χ0) is 16.9. The average molecular weight is 327 g/mol. The Morgan fingerprint density at radius 2 is 1.92 bits per heavy atom. The van der Waals surface area contributed by atoms with Crippen molar-refractivity contribution in [2.24, 2.45) is 5.41 Å². The van der Waals surface area contributed by atoms with E-state index >= 15 is 0 Å². The molecular weight excluding hydrogens is 310 g/mol. The van der Waals surface area contributed by atoms with Gasteiger partial charge in [0.25, 0.3) is 5.91 Å². The maximum Gasteiger partial charge on any atom is 0.254 e. The van der Waals surface area contributed by atoms with Crippen LogP contribution in [0, 0.1) is 5.41 Å². The van der Waals surface area contributed by atoms with Gasteiger partial charge in [-0.15, -0.1) is 0 Å². The topological polar surface area (TPSA) is 95.6 Å². The van der Waals surface area contributed by atoms with Crippen LogP contribution in [0.4, 0.5) is 5.69 Å². The maximum absolute atomic E-state index is 12.9. The summed E-state index contributed by atoms with van der Waals surface area (Å²) < 4.78 is 0. The predicted octanol–water partition coefficient (Wildman–Crippen LogP) is 0.450. The smallest absolute Gasteiger partial charge is 0.254 e. The molecule has 1 unspecified atom stereocenters. The first-order valence-electron chi connectivity index (χ1n) is 8.04. The number of carbonyl (C=O) groups excluding carboxylic acids is 4. The number of fused-ring (bicyclic) bond motifs is 1. The van der Waals surface area contributed by atoms with Gasteiger partial charge in [0.15, 0.2) is 0 Å². The van der Waals surface area contributed by atoms with Gasteiger partial charge in [0.05, 0.1) is 11.8 Å². The average Bonchev–Trinajstić information content (AvgIpc) is 3.14. The first-order valence-corrected chi connectivity index (χ1v) is 8.04. The van der Waals surface area contributed by atoms with Crippen molar-refractivity contribution in [3.8, 4) is 0 Å². The number of nitrogens with zero attached hydrogens (tertiary/aromatic N) is 1. The largest absolute Gasteiger partial charge is 0.338 e. The molecule has 0 radical (unpaired) electrons. The van der Waals surface area contributed by atoms with Gasteiger partial charge in [0.2, 0.25) is 17.7 Å². The molecule has 124 valence electrons. The third kappa shape index (κ3) is 2.19. The highest BCUT2D eigenvalue weighted by Crippen LogP contribution is 2.38. The molecule has 0 bridgehead atoms. The number of likely N-dealkylation sites (tertiary alicyclic amines) is 1. The lowest BCUT2D eigenvalue weighted by molar-refractivity contribution is -0.141. The van der Waals surface area contributed by atoms with Crippen LogP contribution in [-0.2, 0) is 20.8 Å². The van der Waals surface area contributed by atoms with Crippen LogP contribution in [0.25, 0.3) is 0 Å². The second-order valence-electron chi connectivity index (χ2n) is 6.69. The molecule has 7 nitrogen and oxygen atoms in total. The maximum atomic E-state index is 12.9. The lowest BCUT2D eigenvalue weighted by Gasteiger charge is -2.31. The van der Waals surface area contributed by atoms with Crippen molar-refractivity contribution in [1.29, 1.82) is 0 Å². The van der Waals surface area contributed by atoms with E-state index in [4.69, 9.17) is 0 Å². The predicted molar refractivity (Wildman–Crippen MR) is 84.1 cm³/mol. The minimum atomic E-state index is -0.657. The Morgan fingerprint density at radius 1 is 1.08 bits per heavy atom. The molecule has 7 heteroatoms. The molecule has 3 heterocycles. The zero-order valence-corrected chi connectivity index (χ0v) is 13.1. The number of amides is 4. The van der Waals surface area contributed by atoms with Crippen LogP contribution in [0.3, 0.4) is 0 Å². The number of benzene rings is 1. The molecule has 3 aliphatic heterocycles. The number of nitrogens with one attached hydrogen (secondary N) is 2. The zero-order valence-electron chi connectivity index (χ0n) is 13.1. The van der Waals surface area contributed by atoms with Crippen molar-refractivity contribution in [2.75, 3.05) is 18.4 Å². The summed E-state index contributed by atoms with van der Waals surface area (Å²) >= 11 is 0. The summed E-state index contributed by atoms with van der Waals surface area (Å²) in [7, 11) is 0. The molecule has 4 amide bonds. The normalized spacial score (nSPS) is 25.7. The Bertz CT molecular complexity index is 788. The number of anilines is 1. The standard InChI is InChI=1S/C17H17N3O4/c21-13-4-5-17(16(24)19-13)6-7-20(9-17)15(23)10-2-1-3-12-11(10)8-14(22)18-12/h1-3H,4-9H2,(H,18,22)(H,19,21,24). The molecule has 4 rings (SSSR count). The Morgan fingerprint density at radius 3 is 2.71 bits per heavy atom. The van der Waals surface area contributed by atoms with Gasteiger partial charge >= 0.3 is 0 Å². The fraction of sp³-hybridized carbons (Fsp3) is 0.412. The number of imide groups is 1. The quantitative estimate of drug-likeness (QED) is 0.732. The Labute approximate surface area is 138 Å². The number of hydrogen-bond donors (Lipinski definition) is 2. The number of piperidine rings is 1. The van der Waals surface area contributed by atoms with Crippen LogP contribution >= 0.6 is 0 Å². The SMILES string of the molecule is O=C1CCC2(CCN(C(=O)c3cccc4c3CC(=O)N4)C2)C(=O)N1. The van der Waals surface area contributed by atoms with Crippen LogP contribution < -0.4 is 10.6 Å². The molecule has 1 aromatic carbocycles. The highest BCUT2D eigenvalue weighted by atomic mass is 16.2. The first kappa shape index (κ1) is 14.9. The van der Waals surface area contributed by atoms with Crippen molar-refractivity contribution < 1.29 is 19.2 Å². The van der Waals surface area contributed by atoms with Crippen molar-refractivity contribution >= 4 is 29.3 Å². The third-order valence-electron chi connectivity index (χ3n) is 5.22. The third-order valence-corrected chi connectivity index (χ3v) is 5.22. The first-order chi connectivity index (χ1) is 11.5. The number of carbonyl (C=O) groups is 4. The van der Waals surface area contributed by atoms with E-state index in [9.17, 15) is 19.2 Å². The van der Waals surface area contributed by atoms with Crippen molar-refractivity contribution in [3.63, 3.8) is 0 Å². The molecule has 3 aliphatic rings. The van der Waals surface area contributed by atoms with Gasteiger partial charge < -0.3 is 10.2 Å². The molecule has 0 saturated carbocycles. The van der Waals surface area contributed by atoms with Gasteiger partial charge in [-0.25, -0.2) is 0 Å². The number of rotatable bonds is 1. The Balaban J connectivity index is 1.57. The summed E-state index contributed by atoms with van der Waals surface area (Å²) in [6.45, 7) is 0.793. The Kier molecular flexibility index (Phi) is 3.19. The van der Waals surface area contributed by atoms with Gasteiger partial charge in [0.1, 0.15) is 0 Å². The molecule has 24 heavy (non-hydrogen) atoms.